The van der Waals surface area contributed by atoms with Crippen molar-refractivity contribution in [3.05, 3.63) is 0 Å². The molecule has 0 rings (SSSR count). The lowest BCUT2D eigenvalue weighted by molar-refractivity contribution is -0.131. The summed E-state index contributed by atoms with van der Waals surface area (Å²) in [5.41, 5.74) is 2.32. The molecule has 0 fully saturated rings. The van der Waals surface area contributed by atoms with Gasteiger partial charge in [-0.1, -0.05) is 39.5 Å². The Morgan fingerprint density at radius 3 is 2.43 bits per heavy atom. The van der Waals surface area contributed by atoms with Gasteiger partial charge in [0.15, 0.2) is 0 Å². The fourth-order valence-corrected chi connectivity index (χ4v) is 1.36. The van der Waals surface area contributed by atoms with E-state index >= 15 is 0 Å². The lowest BCUT2D eigenvalue weighted by atomic mass is 10.0. The number of hydroxylamine groups is 1. The average molecular weight is 201 g/mol. The van der Waals surface area contributed by atoms with E-state index in [1.807, 2.05) is 0 Å². The van der Waals surface area contributed by atoms with Crippen LogP contribution >= 0.6 is 0 Å². The minimum absolute atomic E-state index is 0.0173. The van der Waals surface area contributed by atoms with E-state index in [9.17, 15) is 4.79 Å². The van der Waals surface area contributed by atoms with E-state index < -0.39 is 0 Å². The number of carbonyl (C=O) groups excluding carboxylic acids is 1. The van der Waals surface area contributed by atoms with Crippen LogP contribution in [0.4, 0.5) is 0 Å². The Labute approximate surface area is 87.2 Å². The maximum absolute atomic E-state index is 10.9. The van der Waals surface area contributed by atoms with Crippen molar-refractivity contribution in [2.24, 2.45) is 5.92 Å². The molecule has 1 amide bonds. The van der Waals surface area contributed by atoms with Gasteiger partial charge in [0.1, 0.15) is 0 Å². The highest BCUT2D eigenvalue weighted by atomic mass is 16.6. The van der Waals surface area contributed by atoms with Gasteiger partial charge in [-0.15, -0.1) is 0 Å². The third-order valence-electron chi connectivity index (χ3n) is 2.15. The van der Waals surface area contributed by atoms with Crippen LogP contribution in [0, 0.1) is 5.92 Å². The third-order valence-corrected chi connectivity index (χ3v) is 2.15. The number of rotatable bonds is 8. The van der Waals surface area contributed by atoms with E-state index in [1.54, 1.807) is 0 Å². The molecule has 0 aromatic heterocycles. The van der Waals surface area contributed by atoms with Crippen molar-refractivity contribution in [1.82, 2.24) is 5.48 Å². The molecule has 0 aliphatic heterocycles. The minimum atomic E-state index is -0.0173. The van der Waals surface area contributed by atoms with E-state index in [1.165, 1.54) is 26.4 Å². The van der Waals surface area contributed by atoms with Gasteiger partial charge in [0.2, 0.25) is 5.91 Å². The zero-order chi connectivity index (χ0) is 10.8. The second-order valence-corrected chi connectivity index (χ2v) is 4.08. The van der Waals surface area contributed by atoms with Crippen LogP contribution in [0.5, 0.6) is 0 Å². The zero-order valence-electron chi connectivity index (χ0n) is 9.64. The van der Waals surface area contributed by atoms with E-state index in [-0.39, 0.29) is 5.91 Å². The first-order valence-corrected chi connectivity index (χ1v) is 5.48. The maximum atomic E-state index is 10.9. The standard InChI is InChI=1S/C11H23NO2/c1-10(2)8-6-4-5-7-9-11(13)12-14-3/h10H,4-9H2,1-3H3,(H,12,13). The summed E-state index contributed by atoms with van der Waals surface area (Å²) in [5, 5.41) is 0. The Bertz CT molecular complexity index is 146. The molecule has 0 aromatic rings. The first kappa shape index (κ1) is 13.4. The number of hydrogen-bond donors (Lipinski definition) is 1. The molecule has 0 bridgehead atoms. The molecule has 0 saturated heterocycles. The Balaban J connectivity index is 3.09. The highest BCUT2D eigenvalue weighted by Gasteiger charge is 1.99. The Hall–Kier alpha value is -0.570. The molecule has 0 aliphatic carbocycles. The highest BCUT2D eigenvalue weighted by Crippen LogP contribution is 2.10. The summed E-state index contributed by atoms with van der Waals surface area (Å²) >= 11 is 0. The van der Waals surface area contributed by atoms with Crippen molar-refractivity contribution in [1.29, 1.82) is 0 Å². The number of amides is 1. The summed E-state index contributed by atoms with van der Waals surface area (Å²) in [6, 6.07) is 0. The van der Waals surface area contributed by atoms with Gasteiger partial charge in [0, 0.05) is 6.42 Å². The van der Waals surface area contributed by atoms with Crippen molar-refractivity contribution < 1.29 is 9.63 Å². The Kier molecular flexibility index (Phi) is 8.64. The summed E-state index contributed by atoms with van der Waals surface area (Å²) in [7, 11) is 1.46. The Morgan fingerprint density at radius 2 is 1.86 bits per heavy atom. The van der Waals surface area contributed by atoms with Gasteiger partial charge >= 0.3 is 0 Å². The van der Waals surface area contributed by atoms with Gasteiger partial charge in [0.05, 0.1) is 7.11 Å². The number of nitrogens with one attached hydrogen (secondary N) is 1. The van der Waals surface area contributed by atoms with Gasteiger partial charge in [-0.3, -0.25) is 9.63 Å². The lowest BCUT2D eigenvalue weighted by Gasteiger charge is -2.04. The summed E-state index contributed by atoms with van der Waals surface area (Å²) in [4.78, 5) is 15.5. The van der Waals surface area contributed by atoms with Gasteiger partial charge in [0.25, 0.3) is 0 Å². The van der Waals surface area contributed by atoms with Crippen molar-refractivity contribution in [2.45, 2.75) is 52.4 Å². The van der Waals surface area contributed by atoms with Crippen LogP contribution in [0.3, 0.4) is 0 Å². The molecule has 0 heterocycles. The van der Waals surface area contributed by atoms with Crippen LogP contribution in [0.1, 0.15) is 52.4 Å². The predicted molar refractivity (Wildman–Crippen MR) is 57.7 cm³/mol. The van der Waals surface area contributed by atoms with Crippen LogP contribution in [0.2, 0.25) is 0 Å². The van der Waals surface area contributed by atoms with Crippen LogP contribution in [0.25, 0.3) is 0 Å². The molecule has 84 valence electrons. The van der Waals surface area contributed by atoms with E-state index in [2.05, 4.69) is 24.2 Å². The molecule has 0 spiro atoms. The summed E-state index contributed by atoms with van der Waals surface area (Å²) in [5.74, 6) is 0.781. The smallest absolute Gasteiger partial charge is 0.243 e. The van der Waals surface area contributed by atoms with Crippen LogP contribution in [-0.2, 0) is 9.63 Å². The van der Waals surface area contributed by atoms with Gasteiger partial charge in [-0.2, -0.15) is 0 Å². The molecule has 3 heteroatoms. The second kappa shape index (κ2) is 9.00. The molecule has 0 aliphatic rings. The molecule has 3 nitrogen and oxygen atoms in total. The fraction of sp³-hybridized carbons (Fsp3) is 0.909. The SMILES string of the molecule is CONC(=O)CCCCCCC(C)C. The lowest BCUT2D eigenvalue weighted by Crippen LogP contribution is -2.21. The van der Waals surface area contributed by atoms with Crippen molar-refractivity contribution in [3.63, 3.8) is 0 Å². The van der Waals surface area contributed by atoms with Gasteiger partial charge in [-0.05, 0) is 12.3 Å². The van der Waals surface area contributed by atoms with Crippen LogP contribution in [0.15, 0.2) is 0 Å². The summed E-state index contributed by atoms with van der Waals surface area (Å²) in [6.45, 7) is 4.48. The fourth-order valence-electron chi connectivity index (χ4n) is 1.36. The topological polar surface area (TPSA) is 38.3 Å². The van der Waals surface area contributed by atoms with E-state index in [4.69, 9.17) is 0 Å². The summed E-state index contributed by atoms with van der Waals surface area (Å²) < 4.78 is 0. The predicted octanol–water partition coefficient (Wildman–Crippen LogP) is 2.66. The molecule has 0 unspecified atom stereocenters. The van der Waals surface area contributed by atoms with Crippen LogP contribution < -0.4 is 5.48 Å². The highest BCUT2D eigenvalue weighted by molar-refractivity contribution is 5.74. The molecule has 0 radical (unpaired) electrons. The molecular weight excluding hydrogens is 178 g/mol. The molecular formula is C11H23NO2. The summed E-state index contributed by atoms with van der Waals surface area (Å²) in [6.07, 6.45) is 6.50. The van der Waals surface area contributed by atoms with E-state index in [0.29, 0.717) is 6.42 Å². The third kappa shape index (κ3) is 9.52. The first-order chi connectivity index (χ1) is 6.66. The number of carbonyl (C=O) groups is 1. The molecule has 14 heavy (non-hydrogen) atoms. The average Bonchev–Trinajstić information content (AvgIpc) is 2.11. The second-order valence-electron chi connectivity index (χ2n) is 4.08. The monoisotopic (exact) mass is 201 g/mol. The zero-order valence-corrected chi connectivity index (χ0v) is 9.64. The maximum Gasteiger partial charge on any atom is 0.243 e. The van der Waals surface area contributed by atoms with Crippen molar-refractivity contribution in [3.8, 4) is 0 Å². The van der Waals surface area contributed by atoms with E-state index in [0.717, 1.165) is 18.8 Å². The Morgan fingerprint density at radius 1 is 1.21 bits per heavy atom. The normalized spacial score (nSPS) is 10.6. The largest absolute Gasteiger partial charge is 0.277 e. The molecule has 0 atom stereocenters. The van der Waals surface area contributed by atoms with Gasteiger partial charge < -0.3 is 0 Å². The first-order valence-electron chi connectivity index (χ1n) is 5.48. The molecule has 1 N–H and O–H groups in total. The number of unbranched alkanes of at least 4 members (excludes halogenated alkanes) is 3. The van der Waals surface area contributed by atoms with Crippen LogP contribution in [-0.4, -0.2) is 13.0 Å². The quantitative estimate of drug-likeness (QED) is 0.484. The van der Waals surface area contributed by atoms with Crippen molar-refractivity contribution in [2.75, 3.05) is 7.11 Å². The molecule has 0 saturated carbocycles. The minimum Gasteiger partial charge on any atom is -0.277 e. The number of hydrogen-bond acceptors (Lipinski definition) is 2. The van der Waals surface area contributed by atoms with Gasteiger partial charge in [-0.25, -0.2) is 5.48 Å². The van der Waals surface area contributed by atoms with Crippen molar-refractivity contribution >= 4 is 5.91 Å². The molecule has 0 aromatic carbocycles.